The first kappa shape index (κ1) is 23.5. The van der Waals surface area contributed by atoms with E-state index in [2.05, 4.69) is 47.0 Å². The third-order valence-corrected chi connectivity index (χ3v) is 6.08. The van der Waals surface area contributed by atoms with E-state index in [0.717, 1.165) is 32.7 Å². The van der Waals surface area contributed by atoms with Crippen molar-refractivity contribution in [3.8, 4) is 0 Å². The molecule has 1 aliphatic rings. The zero-order valence-electron chi connectivity index (χ0n) is 20.2. The van der Waals surface area contributed by atoms with Crippen LogP contribution in [-0.2, 0) is 31.9 Å². The van der Waals surface area contributed by atoms with E-state index in [0.29, 0.717) is 0 Å². The Bertz CT molecular complexity index is 1230. The molecule has 0 fully saturated rings. The van der Waals surface area contributed by atoms with Gasteiger partial charge in [0, 0.05) is 12.8 Å². The summed E-state index contributed by atoms with van der Waals surface area (Å²) in [5, 5.41) is 9.92. The lowest BCUT2D eigenvalue weighted by Gasteiger charge is -2.31. The minimum atomic E-state index is -1.29. The Morgan fingerprint density at radius 1 is 0.912 bits per heavy atom. The number of hydrogen-bond donors (Lipinski definition) is 2. The summed E-state index contributed by atoms with van der Waals surface area (Å²) in [7, 11) is 1.26. The predicted molar refractivity (Wildman–Crippen MR) is 131 cm³/mol. The minimum Gasteiger partial charge on any atom is -0.467 e. The van der Waals surface area contributed by atoms with Crippen molar-refractivity contribution < 1.29 is 23.9 Å². The molecule has 34 heavy (non-hydrogen) atoms. The summed E-state index contributed by atoms with van der Waals surface area (Å²) < 4.78 is 10.2. The van der Waals surface area contributed by atoms with E-state index in [-0.39, 0.29) is 12.8 Å². The molecule has 0 radical (unpaired) electrons. The molecule has 7 nitrogen and oxygen atoms in total. The van der Waals surface area contributed by atoms with Gasteiger partial charge in [0.05, 0.1) is 7.11 Å². The van der Waals surface area contributed by atoms with Gasteiger partial charge in [0.25, 0.3) is 0 Å². The third-order valence-electron chi connectivity index (χ3n) is 6.08. The number of fused-ring (bicyclic) bond motifs is 3. The number of benzene rings is 3. The van der Waals surface area contributed by atoms with Gasteiger partial charge < -0.3 is 20.1 Å². The summed E-state index contributed by atoms with van der Waals surface area (Å²) in [6, 6.07) is 15.7. The van der Waals surface area contributed by atoms with Gasteiger partial charge in [0.2, 0.25) is 5.91 Å². The molecule has 2 amide bonds. The number of methoxy groups -OCH3 is 1. The quantitative estimate of drug-likeness (QED) is 0.451. The Labute approximate surface area is 198 Å². The Balaban J connectivity index is 1.71. The predicted octanol–water partition coefficient (Wildman–Crippen LogP) is 4.03. The number of carbonyl (C=O) groups excluding carboxylic acids is 3. The number of hydrogen-bond acceptors (Lipinski definition) is 5. The average Bonchev–Trinajstić information content (AvgIpc) is 3.11. The molecule has 7 heteroatoms. The van der Waals surface area contributed by atoms with Crippen LogP contribution in [0, 0.1) is 0 Å². The lowest BCUT2D eigenvalue weighted by Crippen LogP contribution is -2.62. The molecule has 0 spiro atoms. The van der Waals surface area contributed by atoms with Gasteiger partial charge in [0.1, 0.15) is 17.2 Å². The Morgan fingerprint density at radius 3 is 1.91 bits per heavy atom. The summed E-state index contributed by atoms with van der Waals surface area (Å²) in [4.78, 5) is 38.1. The Kier molecular flexibility index (Phi) is 5.98. The molecule has 3 aromatic carbocycles. The monoisotopic (exact) mass is 462 g/mol. The first-order valence-corrected chi connectivity index (χ1v) is 11.3. The van der Waals surface area contributed by atoms with Crippen molar-refractivity contribution >= 4 is 39.5 Å². The molecule has 178 valence electrons. The second-order valence-electron chi connectivity index (χ2n) is 9.95. The van der Waals surface area contributed by atoms with Gasteiger partial charge in [-0.2, -0.15) is 0 Å². The number of carbonyl (C=O) groups is 3. The lowest BCUT2D eigenvalue weighted by molar-refractivity contribution is -0.145. The highest BCUT2D eigenvalue weighted by molar-refractivity contribution is 6.00. The van der Waals surface area contributed by atoms with Crippen molar-refractivity contribution in [2.75, 3.05) is 7.11 Å². The first-order chi connectivity index (χ1) is 16.0. The zero-order chi connectivity index (χ0) is 24.7. The lowest BCUT2D eigenvalue weighted by atomic mass is 9.94. The highest BCUT2D eigenvalue weighted by atomic mass is 16.6. The van der Waals surface area contributed by atoms with E-state index in [1.54, 1.807) is 27.7 Å². The van der Waals surface area contributed by atoms with Crippen molar-refractivity contribution in [2.45, 2.75) is 57.7 Å². The molecule has 0 aliphatic heterocycles. The highest BCUT2D eigenvalue weighted by Crippen LogP contribution is 2.35. The van der Waals surface area contributed by atoms with Crippen LogP contribution in [0.25, 0.3) is 21.5 Å². The highest BCUT2D eigenvalue weighted by Gasteiger charge is 2.47. The SMILES string of the molecule is COC(=O)[C@H](C)NC(=O)C1(NC(=O)OC(C)(C)C)Cc2cc3cc4ccccc4cc3cc2C1. The Hall–Kier alpha value is -3.61. The standard InChI is InChI=1S/C27H30N2O5/c1-16(23(30)33-5)28-24(31)27(29-25(32)34-26(2,3)4)14-21-12-19-10-17-8-6-7-9-18(17)11-20(19)13-22(21)15-27/h6-13,16H,14-15H2,1-5H3,(H,28,31)(H,29,32)/t16-/m0/s1. The molecule has 0 unspecified atom stereocenters. The van der Waals surface area contributed by atoms with Crippen LogP contribution in [-0.4, -0.2) is 42.3 Å². The summed E-state index contributed by atoms with van der Waals surface area (Å²) in [5.74, 6) is -1.02. The molecule has 0 aromatic heterocycles. The van der Waals surface area contributed by atoms with Crippen molar-refractivity contribution in [3.63, 3.8) is 0 Å². The van der Waals surface area contributed by atoms with E-state index in [9.17, 15) is 14.4 Å². The van der Waals surface area contributed by atoms with Crippen molar-refractivity contribution in [1.82, 2.24) is 10.6 Å². The molecule has 0 saturated heterocycles. The van der Waals surface area contributed by atoms with Gasteiger partial charge in [0.15, 0.2) is 0 Å². The number of ether oxygens (including phenoxy) is 2. The van der Waals surface area contributed by atoms with E-state index in [1.165, 1.54) is 7.11 Å². The topological polar surface area (TPSA) is 93.7 Å². The Morgan fingerprint density at radius 2 is 1.44 bits per heavy atom. The van der Waals surface area contributed by atoms with Crippen LogP contribution in [0.5, 0.6) is 0 Å². The van der Waals surface area contributed by atoms with Crippen LogP contribution in [0.15, 0.2) is 48.5 Å². The molecule has 0 saturated carbocycles. The fourth-order valence-corrected chi connectivity index (χ4v) is 4.50. The van der Waals surface area contributed by atoms with Gasteiger partial charge in [-0.1, -0.05) is 36.4 Å². The zero-order valence-corrected chi connectivity index (χ0v) is 20.2. The second kappa shape index (κ2) is 8.63. The summed E-state index contributed by atoms with van der Waals surface area (Å²) in [6.45, 7) is 6.84. The van der Waals surface area contributed by atoms with Gasteiger partial charge >= 0.3 is 12.1 Å². The maximum Gasteiger partial charge on any atom is 0.408 e. The summed E-state index contributed by atoms with van der Waals surface area (Å²) >= 11 is 0. The normalized spacial score (nSPS) is 15.4. The number of rotatable bonds is 4. The minimum absolute atomic E-state index is 0.282. The van der Waals surface area contributed by atoms with E-state index >= 15 is 0 Å². The number of alkyl carbamates (subject to hydrolysis) is 1. The second-order valence-corrected chi connectivity index (χ2v) is 9.95. The molecule has 0 heterocycles. The molecule has 4 rings (SSSR count). The van der Waals surface area contributed by atoms with Gasteiger partial charge in [-0.3, -0.25) is 4.79 Å². The maximum absolute atomic E-state index is 13.5. The van der Waals surface area contributed by atoms with E-state index in [4.69, 9.17) is 9.47 Å². The smallest absolute Gasteiger partial charge is 0.408 e. The fraction of sp³-hybridized carbons (Fsp3) is 0.370. The van der Waals surface area contributed by atoms with Crippen molar-refractivity contribution in [2.24, 2.45) is 0 Å². The summed E-state index contributed by atoms with van der Waals surface area (Å²) in [5.41, 5.74) is -0.0650. The fourth-order valence-electron chi connectivity index (χ4n) is 4.50. The van der Waals surface area contributed by atoms with Gasteiger partial charge in [-0.15, -0.1) is 0 Å². The number of amides is 2. The van der Waals surface area contributed by atoms with Crippen LogP contribution >= 0.6 is 0 Å². The maximum atomic E-state index is 13.5. The van der Waals surface area contributed by atoms with Crippen molar-refractivity contribution in [3.05, 3.63) is 59.7 Å². The number of esters is 1. The molecule has 1 aliphatic carbocycles. The molecule has 3 aromatic rings. The van der Waals surface area contributed by atoms with Crippen LogP contribution in [0.1, 0.15) is 38.8 Å². The average molecular weight is 463 g/mol. The van der Waals surface area contributed by atoms with Gasteiger partial charge in [-0.25, -0.2) is 9.59 Å². The van der Waals surface area contributed by atoms with Crippen LogP contribution in [0.4, 0.5) is 4.79 Å². The molecule has 2 N–H and O–H groups in total. The first-order valence-electron chi connectivity index (χ1n) is 11.3. The van der Waals surface area contributed by atoms with E-state index in [1.807, 2.05) is 12.1 Å². The van der Waals surface area contributed by atoms with E-state index < -0.39 is 35.2 Å². The number of nitrogens with one attached hydrogen (secondary N) is 2. The molecule has 0 bridgehead atoms. The van der Waals surface area contributed by atoms with Gasteiger partial charge in [-0.05, 0) is 72.5 Å². The van der Waals surface area contributed by atoms with Crippen LogP contribution in [0.2, 0.25) is 0 Å². The largest absolute Gasteiger partial charge is 0.467 e. The van der Waals surface area contributed by atoms with Crippen LogP contribution < -0.4 is 10.6 Å². The molecular weight excluding hydrogens is 432 g/mol. The molecule has 1 atom stereocenters. The van der Waals surface area contributed by atoms with Crippen molar-refractivity contribution in [1.29, 1.82) is 0 Å². The summed E-state index contributed by atoms with van der Waals surface area (Å²) in [6.07, 6.45) is -0.120. The molecular formula is C27H30N2O5. The van der Waals surface area contributed by atoms with Crippen LogP contribution in [0.3, 0.4) is 0 Å². The third kappa shape index (κ3) is 4.69.